The Labute approximate surface area is 131 Å². The average Bonchev–Trinajstić information content (AvgIpc) is 2.55. The van der Waals surface area contributed by atoms with Crippen LogP contribution < -0.4 is 10.2 Å². The van der Waals surface area contributed by atoms with E-state index in [9.17, 15) is 4.79 Å². The van der Waals surface area contributed by atoms with Crippen molar-refractivity contribution in [2.45, 2.75) is 6.92 Å². The molecule has 0 aliphatic carbocycles. The summed E-state index contributed by atoms with van der Waals surface area (Å²) < 4.78 is 10.5. The summed E-state index contributed by atoms with van der Waals surface area (Å²) in [6.45, 7) is 7.06. The van der Waals surface area contributed by atoms with Gasteiger partial charge in [-0.15, -0.1) is 0 Å². The van der Waals surface area contributed by atoms with Gasteiger partial charge in [-0.25, -0.2) is 4.99 Å². The van der Waals surface area contributed by atoms with Crippen LogP contribution in [0.3, 0.4) is 0 Å². The highest BCUT2D eigenvalue weighted by Gasteiger charge is 2.14. The number of ether oxygens (including phenoxy) is 2. The van der Waals surface area contributed by atoms with Crippen molar-refractivity contribution in [2.75, 3.05) is 46.5 Å². The second kappa shape index (κ2) is 8.51. The van der Waals surface area contributed by atoms with Gasteiger partial charge in [-0.05, 0) is 18.6 Å². The van der Waals surface area contributed by atoms with Crippen LogP contribution in [0.1, 0.15) is 15.9 Å². The normalized spacial score (nSPS) is 16.4. The molecular weight excluding hydrogens is 282 g/mol. The Hall–Kier alpha value is -1.92. The van der Waals surface area contributed by atoms with Crippen molar-refractivity contribution < 1.29 is 19.2 Å². The third-order valence-electron chi connectivity index (χ3n) is 3.72. The quantitative estimate of drug-likeness (QED) is 0.590. The lowest BCUT2D eigenvalue weighted by Gasteiger charge is -2.22. The maximum Gasteiger partial charge on any atom is 0.291 e. The Bertz CT molecular complexity index is 525. The summed E-state index contributed by atoms with van der Waals surface area (Å²) in [5, 5.41) is 2.72. The number of nitrogens with one attached hydrogen (secondary N) is 2. The number of benzene rings is 1. The second-order valence-electron chi connectivity index (χ2n) is 5.27. The van der Waals surface area contributed by atoms with Gasteiger partial charge in [0.05, 0.1) is 33.4 Å². The molecule has 6 heteroatoms. The van der Waals surface area contributed by atoms with E-state index in [-0.39, 0.29) is 11.9 Å². The Morgan fingerprint density at radius 2 is 2.09 bits per heavy atom. The molecule has 1 amide bonds. The summed E-state index contributed by atoms with van der Waals surface area (Å²) >= 11 is 0. The number of aryl methyl sites for hydroxylation is 1. The molecule has 1 heterocycles. The lowest BCUT2D eigenvalue weighted by atomic mass is 10.1. The lowest BCUT2D eigenvalue weighted by Crippen LogP contribution is -3.14. The highest BCUT2D eigenvalue weighted by molar-refractivity contribution is 6.04. The van der Waals surface area contributed by atoms with Crippen LogP contribution in [0.2, 0.25) is 0 Å². The highest BCUT2D eigenvalue weighted by Crippen LogP contribution is 2.06. The summed E-state index contributed by atoms with van der Waals surface area (Å²) in [7, 11) is 1.51. The Morgan fingerprint density at radius 1 is 1.36 bits per heavy atom. The monoisotopic (exact) mass is 306 g/mol. The van der Waals surface area contributed by atoms with Crippen LogP contribution in [-0.4, -0.2) is 58.4 Å². The number of amidine groups is 1. The number of carbonyl (C=O) groups is 1. The summed E-state index contributed by atoms with van der Waals surface area (Å²) in [6.07, 6.45) is 0. The van der Waals surface area contributed by atoms with Gasteiger partial charge in [0.2, 0.25) is 0 Å². The average molecular weight is 306 g/mol. The first-order valence-corrected chi connectivity index (χ1v) is 7.57. The fraction of sp³-hybridized carbons (Fsp3) is 0.500. The predicted molar refractivity (Wildman–Crippen MR) is 84.3 cm³/mol. The zero-order valence-corrected chi connectivity index (χ0v) is 13.2. The summed E-state index contributed by atoms with van der Waals surface area (Å²) in [5.41, 5.74) is 1.55. The van der Waals surface area contributed by atoms with Crippen molar-refractivity contribution in [3.63, 3.8) is 0 Å². The third-order valence-corrected chi connectivity index (χ3v) is 3.72. The molecular formula is C16H24N3O3+. The molecule has 0 aromatic heterocycles. The topological polar surface area (TPSA) is 64.4 Å². The van der Waals surface area contributed by atoms with E-state index in [1.165, 1.54) is 12.0 Å². The molecule has 1 saturated heterocycles. The van der Waals surface area contributed by atoms with Gasteiger partial charge in [-0.1, -0.05) is 18.2 Å². The van der Waals surface area contributed by atoms with Gasteiger partial charge in [0.15, 0.2) is 0 Å². The van der Waals surface area contributed by atoms with Gasteiger partial charge in [0, 0.05) is 5.56 Å². The van der Waals surface area contributed by atoms with Crippen LogP contribution in [0.15, 0.2) is 29.3 Å². The first-order chi connectivity index (χ1) is 10.7. The maximum atomic E-state index is 12.2. The van der Waals surface area contributed by atoms with Crippen molar-refractivity contribution in [1.29, 1.82) is 0 Å². The molecule has 120 valence electrons. The minimum Gasteiger partial charge on any atom is -0.468 e. The molecule has 0 spiro atoms. The van der Waals surface area contributed by atoms with Gasteiger partial charge in [0.1, 0.15) is 13.1 Å². The first kappa shape index (κ1) is 16.5. The molecule has 22 heavy (non-hydrogen) atoms. The molecule has 1 fully saturated rings. The van der Waals surface area contributed by atoms with Gasteiger partial charge < -0.3 is 14.4 Å². The van der Waals surface area contributed by atoms with Crippen LogP contribution in [-0.2, 0) is 9.47 Å². The summed E-state index contributed by atoms with van der Waals surface area (Å²) in [4.78, 5) is 18.0. The Balaban J connectivity index is 1.86. The van der Waals surface area contributed by atoms with Crippen molar-refractivity contribution in [3.05, 3.63) is 35.4 Å². The standard InChI is InChI=1S/C16H23N3O3/c1-13-5-3-4-6-14(13)15(20)18-16(21-2)17-7-8-19-9-11-22-12-10-19/h3-6H,7-12H2,1-2H3,(H,17,18,20)/p+1. The molecule has 1 aliphatic rings. The number of rotatable bonds is 4. The number of morpholine rings is 1. The van der Waals surface area contributed by atoms with Crippen LogP contribution in [0.4, 0.5) is 0 Å². The fourth-order valence-electron chi connectivity index (χ4n) is 2.37. The van der Waals surface area contributed by atoms with Gasteiger partial charge in [0.25, 0.3) is 11.9 Å². The molecule has 0 atom stereocenters. The smallest absolute Gasteiger partial charge is 0.291 e. The molecule has 0 radical (unpaired) electrons. The zero-order chi connectivity index (χ0) is 15.8. The van der Waals surface area contributed by atoms with E-state index in [1.807, 2.05) is 25.1 Å². The molecule has 1 aliphatic heterocycles. The zero-order valence-electron chi connectivity index (χ0n) is 13.2. The molecule has 1 aromatic rings. The van der Waals surface area contributed by atoms with Crippen LogP contribution in [0.5, 0.6) is 0 Å². The molecule has 0 unspecified atom stereocenters. The van der Waals surface area contributed by atoms with E-state index in [0.29, 0.717) is 12.1 Å². The van der Waals surface area contributed by atoms with E-state index in [0.717, 1.165) is 38.4 Å². The van der Waals surface area contributed by atoms with Gasteiger partial charge >= 0.3 is 0 Å². The van der Waals surface area contributed by atoms with Crippen LogP contribution in [0, 0.1) is 6.92 Å². The number of carbonyl (C=O) groups excluding carboxylic acids is 1. The number of hydrogen-bond acceptors (Lipinski definition) is 4. The molecule has 6 nitrogen and oxygen atoms in total. The van der Waals surface area contributed by atoms with Crippen molar-refractivity contribution in [3.8, 4) is 0 Å². The molecule has 1 aromatic carbocycles. The SMILES string of the molecule is COC(=NCC[NH+]1CCOCC1)NC(=O)c1ccccc1C. The number of methoxy groups -OCH3 is 1. The van der Waals surface area contributed by atoms with Crippen molar-refractivity contribution >= 4 is 11.9 Å². The van der Waals surface area contributed by atoms with E-state index in [2.05, 4.69) is 10.3 Å². The second-order valence-corrected chi connectivity index (χ2v) is 5.27. The number of aliphatic imine (C=N–C) groups is 1. The largest absolute Gasteiger partial charge is 0.468 e. The summed E-state index contributed by atoms with van der Waals surface area (Å²) in [5.74, 6) is -0.197. The van der Waals surface area contributed by atoms with E-state index in [1.54, 1.807) is 6.07 Å². The van der Waals surface area contributed by atoms with Gasteiger partial charge in [-0.3, -0.25) is 10.1 Å². The van der Waals surface area contributed by atoms with E-state index < -0.39 is 0 Å². The van der Waals surface area contributed by atoms with Crippen LogP contribution >= 0.6 is 0 Å². The van der Waals surface area contributed by atoms with E-state index in [4.69, 9.17) is 9.47 Å². The predicted octanol–water partition coefficient (Wildman–Crippen LogP) is -0.358. The number of hydrogen-bond donors (Lipinski definition) is 2. The fourth-order valence-corrected chi connectivity index (χ4v) is 2.37. The third kappa shape index (κ3) is 4.82. The molecule has 0 saturated carbocycles. The maximum absolute atomic E-state index is 12.2. The lowest BCUT2D eigenvalue weighted by molar-refractivity contribution is -0.906. The Kier molecular flexibility index (Phi) is 6.36. The molecule has 0 bridgehead atoms. The number of amides is 1. The minimum absolute atomic E-state index is 0.197. The first-order valence-electron chi connectivity index (χ1n) is 7.57. The minimum atomic E-state index is -0.197. The number of quaternary nitrogens is 1. The van der Waals surface area contributed by atoms with Crippen molar-refractivity contribution in [2.24, 2.45) is 4.99 Å². The van der Waals surface area contributed by atoms with E-state index >= 15 is 0 Å². The van der Waals surface area contributed by atoms with Crippen LogP contribution in [0.25, 0.3) is 0 Å². The van der Waals surface area contributed by atoms with Gasteiger partial charge in [-0.2, -0.15) is 0 Å². The Morgan fingerprint density at radius 3 is 2.77 bits per heavy atom. The molecule has 2 rings (SSSR count). The number of nitrogens with zero attached hydrogens (tertiary/aromatic N) is 1. The molecule has 2 N–H and O–H groups in total. The highest BCUT2D eigenvalue weighted by atomic mass is 16.5. The summed E-state index contributed by atoms with van der Waals surface area (Å²) in [6, 6.07) is 7.70. The van der Waals surface area contributed by atoms with Crippen molar-refractivity contribution in [1.82, 2.24) is 5.32 Å².